The van der Waals surface area contributed by atoms with E-state index >= 15 is 0 Å². The first-order chi connectivity index (χ1) is 15.5. The molecule has 0 radical (unpaired) electrons. The normalized spacial score (nSPS) is 13.7. The maximum Gasteiger partial charge on any atom is 0.269 e. The van der Waals surface area contributed by atoms with Crippen LogP contribution in [0.2, 0.25) is 0 Å². The molecule has 0 bridgehead atoms. The molecule has 12 heteroatoms. The molecule has 1 aliphatic heterocycles. The summed E-state index contributed by atoms with van der Waals surface area (Å²) in [7, 11) is 0. The largest absolute Gasteiger partial charge is 0.378 e. The lowest BCUT2D eigenvalue weighted by molar-refractivity contribution is -0.384. The molecule has 1 aliphatic rings. The third kappa shape index (κ3) is 5.03. The van der Waals surface area contributed by atoms with E-state index in [0.717, 1.165) is 11.8 Å². The number of benzene rings is 2. The minimum absolute atomic E-state index is 0.0214. The first-order valence-corrected chi connectivity index (χ1v) is 10.7. The lowest BCUT2D eigenvalue weighted by Crippen LogP contribution is -2.37. The van der Waals surface area contributed by atoms with Crippen LogP contribution in [-0.2, 0) is 9.53 Å². The van der Waals surface area contributed by atoms with Crippen LogP contribution < -0.4 is 10.2 Å². The van der Waals surface area contributed by atoms with E-state index in [1.807, 2.05) is 4.90 Å². The Morgan fingerprint density at radius 1 is 1.19 bits per heavy atom. The zero-order valence-corrected chi connectivity index (χ0v) is 17.6. The van der Waals surface area contributed by atoms with Crippen molar-refractivity contribution in [3.8, 4) is 5.69 Å². The van der Waals surface area contributed by atoms with Crippen molar-refractivity contribution < 1.29 is 18.8 Å². The van der Waals surface area contributed by atoms with Gasteiger partial charge in [-0.3, -0.25) is 19.5 Å². The van der Waals surface area contributed by atoms with Gasteiger partial charge in [0.2, 0.25) is 11.9 Å². The number of ether oxygens (including phenoxy) is 1. The lowest BCUT2D eigenvalue weighted by Gasteiger charge is -2.27. The van der Waals surface area contributed by atoms with Crippen LogP contribution in [-0.4, -0.2) is 57.7 Å². The van der Waals surface area contributed by atoms with Gasteiger partial charge in [0, 0.05) is 30.9 Å². The highest BCUT2D eigenvalue weighted by Crippen LogP contribution is 2.28. The standard InChI is InChI=1S/C20H19FN6O4S/c21-14-2-1-3-17(12-14)26-19(25-8-10-31-11-9-25)23-24-20(26)32-13-18(28)22-15-4-6-16(7-5-15)27(29)30/h1-7,12H,8-11,13H2,(H,22,28). The van der Waals surface area contributed by atoms with Crippen LogP contribution in [0.5, 0.6) is 0 Å². The summed E-state index contributed by atoms with van der Waals surface area (Å²) in [5.74, 6) is -0.133. The van der Waals surface area contributed by atoms with Gasteiger partial charge in [-0.05, 0) is 30.3 Å². The lowest BCUT2D eigenvalue weighted by atomic mass is 10.3. The van der Waals surface area contributed by atoms with Gasteiger partial charge in [-0.25, -0.2) is 4.39 Å². The Balaban J connectivity index is 1.50. The van der Waals surface area contributed by atoms with Crippen LogP contribution in [0.1, 0.15) is 0 Å². The van der Waals surface area contributed by atoms with E-state index in [1.54, 1.807) is 16.7 Å². The molecule has 3 aromatic rings. The number of carbonyl (C=O) groups is 1. The number of halogens is 1. The summed E-state index contributed by atoms with van der Waals surface area (Å²) in [4.78, 5) is 24.6. The zero-order chi connectivity index (χ0) is 22.5. The molecule has 32 heavy (non-hydrogen) atoms. The number of hydrogen-bond donors (Lipinski definition) is 1. The Labute approximate surface area is 186 Å². The van der Waals surface area contributed by atoms with E-state index in [9.17, 15) is 19.3 Å². The molecule has 0 saturated carbocycles. The van der Waals surface area contributed by atoms with Gasteiger partial charge in [0.25, 0.3) is 5.69 Å². The van der Waals surface area contributed by atoms with Gasteiger partial charge in [0.15, 0.2) is 5.16 Å². The second kappa shape index (κ2) is 9.75. The summed E-state index contributed by atoms with van der Waals surface area (Å²) in [5.41, 5.74) is 0.938. The number of carbonyl (C=O) groups excluding carboxylic acids is 1. The van der Waals surface area contributed by atoms with E-state index in [4.69, 9.17) is 4.74 Å². The van der Waals surface area contributed by atoms with Crippen LogP contribution in [0.4, 0.5) is 21.7 Å². The van der Waals surface area contributed by atoms with Crippen LogP contribution in [0, 0.1) is 15.9 Å². The molecule has 0 spiro atoms. The third-order valence-corrected chi connectivity index (χ3v) is 5.60. The molecule has 2 aromatic carbocycles. The summed E-state index contributed by atoms with van der Waals surface area (Å²) < 4.78 is 21.0. The van der Waals surface area contributed by atoms with Gasteiger partial charge in [0.05, 0.1) is 29.6 Å². The highest BCUT2D eigenvalue weighted by molar-refractivity contribution is 7.99. The first-order valence-electron chi connectivity index (χ1n) is 9.72. The molecule has 0 atom stereocenters. The maximum absolute atomic E-state index is 13.9. The number of amides is 1. The molecule has 0 aliphatic carbocycles. The smallest absolute Gasteiger partial charge is 0.269 e. The number of nitro groups is 1. The van der Waals surface area contributed by atoms with Crippen LogP contribution >= 0.6 is 11.8 Å². The molecule has 1 fully saturated rings. The topological polar surface area (TPSA) is 115 Å². The summed E-state index contributed by atoms with van der Waals surface area (Å²) >= 11 is 1.16. The molecular weight excluding hydrogens is 439 g/mol. The fraction of sp³-hybridized carbons (Fsp3) is 0.250. The highest BCUT2D eigenvalue weighted by Gasteiger charge is 2.22. The van der Waals surface area contributed by atoms with E-state index < -0.39 is 10.7 Å². The van der Waals surface area contributed by atoms with Gasteiger partial charge in [-0.1, -0.05) is 17.8 Å². The number of thioether (sulfide) groups is 1. The van der Waals surface area contributed by atoms with Crippen molar-refractivity contribution in [3.63, 3.8) is 0 Å². The predicted molar refractivity (Wildman–Crippen MR) is 117 cm³/mol. The Bertz CT molecular complexity index is 1120. The Hall–Kier alpha value is -3.51. The van der Waals surface area contributed by atoms with Gasteiger partial charge in [0.1, 0.15) is 5.82 Å². The second-order valence-electron chi connectivity index (χ2n) is 6.84. The second-order valence-corrected chi connectivity index (χ2v) is 7.78. The summed E-state index contributed by atoms with van der Waals surface area (Å²) in [5, 5.41) is 22.4. The number of anilines is 2. The van der Waals surface area contributed by atoms with E-state index in [0.29, 0.717) is 48.8 Å². The number of morpholine rings is 1. The van der Waals surface area contributed by atoms with Gasteiger partial charge in [-0.15, -0.1) is 10.2 Å². The van der Waals surface area contributed by atoms with Crippen molar-refractivity contribution in [2.24, 2.45) is 0 Å². The van der Waals surface area contributed by atoms with Crippen molar-refractivity contribution in [1.82, 2.24) is 14.8 Å². The van der Waals surface area contributed by atoms with Crippen molar-refractivity contribution in [2.45, 2.75) is 5.16 Å². The molecular formula is C20H19FN6O4S. The molecule has 1 aromatic heterocycles. The summed E-state index contributed by atoms with van der Waals surface area (Å²) in [6.45, 7) is 2.35. The van der Waals surface area contributed by atoms with Crippen molar-refractivity contribution in [3.05, 3.63) is 64.5 Å². The number of nitro benzene ring substituents is 1. The number of nitrogens with zero attached hydrogens (tertiary/aromatic N) is 5. The molecule has 166 valence electrons. The van der Waals surface area contributed by atoms with Gasteiger partial charge in [-0.2, -0.15) is 0 Å². The number of aromatic nitrogens is 3. The Kier molecular flexibility index (Phi) is 6.61. The quantitative estimate of drug-likeness (QED) is 0.326. The summed E-state index contributed by atoms with van der Waals surface area (Å²) in [6.07, 6.45) is 0. The van der Waals surface area contributed by atoms with Crippen LogP contribution in [0.3, 0.4) is 0 Å². The first kappa shape index (κ1) is 21.7. The maximum atomic E-state index is 13.9. The number of nitrogens with one attached hydrogen (secondary N) is 1. The average molecular weight is 458 g/mol. The molecule has 1 amide bonds. The van der Waals surface area contributed by atoms with E-state index in [1.165, 1.54) is 36.4 Å². The van der Waals surface area contributed by atoms with Crippen molar-refractivity contribution in [1.29, 1.82) is 0 Å². The van der Waals surface area contributed by atoms with Crippen LogP contribution in [0.15, 0.2) is 53.7 Å². The minimum atomic E-state index is -0.507. The molecule has 1 saturated heterocycles. The highest BCUT2D eigenvalue weighted by atomic mass is 32.2. The van der Waals surface area contributed by atoms with Crippen molar-refractivity contribution >= 4 is 35.0 Å². The van der Waals surface area contributed by atoms with E-state index in [2.05, 4.69) is 15.5 Å². The minimum Gasteiger partial charge on any atom is -0.378 e. The zero-order valence-electron chi connectivity index (χ0n) is 16.8. The number of non-ortho nitro benzene ring substituents is 1. The number of rotatable bonds is 7. The number of hydrogen-bond acceptors (Lipinski definition) is 8. The summed E-state index contributed by atoms with van der Waals surface area (Å²) in [6, 6.07) is 11.6. The average Bonchev–Trinajstić information content (AvgIpc) is 3.23. The Morgan fingerprint density at radius 2 is 1.94 bits per heavy atom. The molecule has 0 unspecified atom stereocenters. The fourth-order valence-electron chi connectivity index (χ4n) is 3.16. The molecule has 1 N–H and O–H groups in total. The van der Waals surface area contributed by atoms with Crippen molar-refractivity contribution in [2.75, 3.05) is 42.3 Å². The Morgan fingerprint density at radius 3 is 2.62 bits per heavy atom. The van der Waals surface area contributed by atoms with Gasteiger partial charge >= 0.3 is 0 Å². The SMILES string of the molecule is O=C(CSc1nnc(N2CCOCC2)n1-c1cccc(F)c1)Nc1ccc([N+](=O)[O-])cc1. The fourth-order valence-corrected chi connectivity index (χ4v) is 3.91. The van der Waals surface area contributed by atoms with E-state index in [-0.39, 0.29) is 17.3 Å². The molecule has 2 heterocycles. The predicted octanol–water partition coefficient (Wildman–Crippen LogP) is 2.88. The van der Waals surface area contributed by atoms with Gasteiger partial charge < -0.3 is 15.0 Å². The monoisotopic (exact) mass is 458 g/mol. The third-order valence-electron chi connectivity index (χ3n) is 4.67. The molecule has 4 rings (SSSR count). The molecule has 10 nitrogen and oxygen atoms in total. The van der Waals surface area contributed by atoms with Crippen LogP contribution in [0.25, 0.3) is 5.69 Å².